The number of carboxylic acids is 1. The monoisotopic (exact) mass is 164 g/mol. The van der Waals surface area contributed by atoms with Crippen LogP contribution >= 0.6 is 12.8 Å². The van der Waals surface area contributed by atoms with Crippen molar-refractivity contribution in [1.82, 2.24) is 4.72 Å². The lowest BCUT2D eigenvalue weighted by Crippen LogP contribution is -2.38. The third-order valence-electron chi connectivity index (χ3n) is 0.841. The Morgan fingerprint density at radius 2 is 2.20 bits per heavy atom. The number of carbonyl (C=O) groups excluding carboxylic acids is 1. The molecular weight excluding hydrogens is 156 g/mol. The summed E-state index contributed by atoms with van der Waals surface area (Å²) in [5, 5.41) is 8.14. The van der Waals surface area contributed by atoms with Gasteiger partial charge in [0, 0.05) is 0 Å². The Balaban J connectivity index is 3.72. The van der Waals surface area contributed by atoms with Gasteiger partial charge in [-0.25, -0.2) is 0 Å². The predicted octanol–water partition coefficient (Wildman–Crippen LogP) is -1.25. The third kappa shape index (κ3) is 3.31. The molecule has 0 rings (SSSR count). The summed E-state index contributed by atoms with van der Waals surface area (Å²) in [5.74, 6) is -1.70. The summed E-state index contributed by atoms with van der Waals surface area (Å²) in [7, 11) is 0. The van der Waals surface area contributed by atoms with Crippen molar-refractivity contribution >= 4 is 24.7 Å². The van der Waals surface area contributed by atoms with Crippen LogP contribution in [0.3, 0.4) is 0 Å². The van der Waals surface area contributed by atoms with Crippen molar-refractivity contribution in [2.24, 2.45) is 5.73 Å². The number of nitrogens with one attached hydrogen (secondary N) is 1. The molecule has 0 heterocycles. The minimum atomic E-state index is -1.11. The first-order chi connectivity index (χ1) is 4.57. The number of rotatable bonds is 3. The minimum Gasteiger partial charge on any atom is -0.481 e. The van der Waals surface area contributed by atoms with E-state index in [1.807, 2.05) is 4.72 Å². The molecule has 0 saturated carbocycles. The topological polar surface area (TPSA) is 92.4 Å². The zero-order chi connectivity index (χ0) is 8.15. The molecule has 0 saturated heterocycles. The highest BCUT2D eigenvalue weighted by Crippen LogP contribution is 1.87. The SMILES string of the molecule is NC(CC(=O)O)C(=O)NS. The van der Waals surface area contributed by atoms with Gasteiger partial charge in [-0.05, 0) is 0 Å². The molecule has 0 bridgehead atoms. The first kappa shape index (κ1) is 9.25. The van der Waals surface area contributed by atoms with E-state index in [1.165, 1.54) is 0 Å². The molecule has 0 aromatic carbocycles. The Morgan fingerprint density at radius 3 is 2.50 bits per heavy atom. The maximum absolute atomic E-state index is 10.5. The summed E-state index contributed by atoms with van der Waals surface area (Å²) >= 11 is 3.40. The summed E-state index contributed by atoms with van der Waals surface area (Å²) in [5.41, 5.74) is 5.09. The van der Waals surface area contributed by atoms with E-state index in [9.17, 15) is 9.59 Å². The second-order valence-electron chi connectivity index (χ2n) is 1.68. The van der Waals surface area contributed by atoms with Gasteiger partial charge in [-0.1, -0.05) is 12.8 Å². The second kappa shape index (κ2) is 4.13. The molecular formula is C4H8N2O3S. The van der Waals surface area contributed by atoms with E-state index in [0.717, 1.165) is 0 Å². The Kier molecular flexibility index (Phi) is 3.82. The Hall–Kier alpha value is -0.750. The quantitative estimate of drug-likeness (QED) is 0.392. The maximum atomic E-state index is 10.5. The van der Waals surface area contributed by atoms with Crippen LogP contribution in [-0.4, -0.2) is 23.0 Å². The van der Waals surface area contributed by atoms with Crippen molar-refractivity contribution in [1.29, 1.82) is 0 Å². The molecule has 5 nitrogen and oxygen atoms in total. The Morgan fingerprint density at radius 1 is 1.70 bits per heavy atom. The van der Waals surface area contributed by atoms with Crippen LogP contribution in [0.5, 0.6) is 0 Å². The van der Waals surface area contributed by atoms with Crippen molar-refractivity contribution < 1.29 is 14.7 Å². The molecule has 0 aliphatic heterocycles. The van der Waals surface area contributed by atoms with Crippen LogP contribution in [0.25, 0.3) is 0 Å². The number of hydrogen-bond donors (Lipinski definition) is 4. The number of nitrogens with two attached hydrogens (primary N) is 1. The highest BCUT2D eigenvalue weighted by molar-refractivity contribution is 7.78. The highest BCUT2D eigenvalue weighted by atomic mass is 32.1. The van der Waals surface area contributed by atoms with E-state index in [4.69, 9.17) is 10.8 Å². The molecule has 1 unspecified atom stereocenters. The fourth-order valence-corrected chi connectivity index (χ4v) is 0.530. The molecule has 6 heteroatoms. The second-order valence-corrected chi connectivity index (χ2v) is 1.90. The van der Waals surface area contributed by atoms with Crippen molar-refractivity contribution in [2.75, 3.05) is 0 Å². The lowest BCUT2D eigenvalue weighted by atomic mass is 10.2. The van der Waals surface area contributed by atoms with E-state index in [1.54, 1.807) is 0 Å². The lowest BCUT2D eigenvalue weighted by Gasteiger charge is -2.04. The molecule has 0 aromatic heterocycles. The van der Waals surface area contributed by atoms with Crippen LogP contribution in [0.4, 0.5) is 0 Å². The van der Waals surface area contributed by atoms with Gasteiger partial charge in [-0.15, -0.1) is 0 Å². The van der Waals surface area contributed by atoms with Crippen molar-refractivity contribution in [2.45, 2.75) is 12.5 Å². The largest absolute Gasteiger partial charge is 0.481 e. The van der Waals surface area contributed by atoms with Crippen LogP contribution in [-0.2, 0) is 9.59 Å². The number of aliphatic carboxylic acids is 1. The fraction of sp³-hybridized carbons (Fsp3) is 0.500. The molecule has 0 aliphatic rings. The zero-order valence-corrected chi connectivity index (χ0v) is 5.97. The number of amides is 1. The van der Waals surface area contributed by atoms with Crippen LogP contribution < -0.4 is 10.5 Å². The summed E-state index contributed by atoms with van der Waals surface area (Å²) in [4.78, 5) is 20.4. The molecule has 4 N–H and O–H groups in total. The summed E-state index contributed by atoms with van der Waals surface area (Å²) in [6.45, 7) is 0. The minimum absolute atomic E-state index is 0.383. The maximum Gasteiger partial charge on any atom is 0.305 e. The summed E-state index contributed by atoms with van der Waals surface area (Å²) in [6.07, 6.45) is -0.383. The van der Waals surface area contributed by atoms with Gasteiger partial charge in [-0.3, -0.25) is 9.59 Å². The molecule has 10 heavy (non-hydrogen) atoms. The molecule has 0 aromatic rings. The smallest absolute Gasteiger partial charge is 0.305 e. The number of thiol groups is 1. The van der Waals surface area contributed by atoms with E-state index in [0.29, 0.717) is 0 Å². The highest BCUT2D eigenvalue weighted by Gasteiger charge is 2.14. The van der Waals surface area contributed by atoms with Gasteiger partial charge < -0.3 is 15.6 Å². The standard InChI is InChI=1S/C4H8N2O3S/c5-2(1-3(7)8)4(9)6-10/h2,10H,1,5H2,(H,6,9)(H,7,8). The van der Waals surface area contributed by atoms with Gasteiger partial charge in [0.05, 0.1) is 12.5 Å². The normalized spacial score (nSPS) is 12.2. The van der Waals surface area contributed by atoms with E-state index in [-0.39, 0.29) is 6.42 Å². The molecule has 1 amide bonds. The summed E-state index contributed by atoms with van der Waals surface area (Å²) < 4.78 is 1.94. The van der Waals surface area contributed by atoms with Gasteiger partial charge in [-0.2, -0.15) is 0 Å². The van der Waals surface area contributed by atoms with Gasteiger partial charge in [0.1, 0.15) is 0 Å². The molecule has 0 spiro atoms. The van der Waals surface area contributed by atoms with Crippen LogP contribution in [0.15, 0.2) is 0 Å². The van der Waals surface area contributed by atoms with E-state index >= 15 is 0 Å². The van der Waals surface area contributed by atoms with Crippen molar-refractivity contribution in [3.8, 4) is 0 Å². The average Bonchev–Trinajstić information content (AvgIpc) is 1.85. The molecule has 1 atom stereocenters. The van der Waals surface area contributed by atoms with Gasteiger partial charge in [0.25, 0.3) is 0 Å². The Bertz CT molecular complexity index is 149. The van der Waals surface area contributed by atoms with Crippen molar-refractivity contribution in [3.05, 3.63) is 0 Å². The van der Waals surface area contributed by atoms with Gasteiger partial charge in [0.15, 0.2) is 0 Å². The number of hydrogen-bond acceptors (Lipinski definition) is 4. The van der Waals surface area contributed by atoms with E-state index in [2.05, 4.69) is 12.8 Å². The number of carboxylic acid groups (broad SMARTS) is 1. The number of carbonyl (C=O) groups is 2. The third-order valence-corrected chi connectivity index (χ3v) is 1.06. The zero-order valence-electron chi connectivity index (χ0n) is 5.07. The molecule has 0 fully saturated rings. The van der Waals surface area contributed by atoms with Gasteiger partial charge >= 0.3 is 5.97 Å². The molecule has 0 aliphatic carbocycles. The fourth-order valence-electron chi connectivity index (χ4n) is 0.364. The first-order valence-corrected chi connectivity index (χ1v) is 2.94. The van der Waals surface area contributed by atoms with Crippen LogP contribution in [0, 0.1) is 0 Å². The van der Waals surface area contributed by atoms with Crippen LogP contribution in [0.2, 0.25) is 0 Å². The average molecular weight is 164 g/mol. The predicted molar refractivity (Wildman–Crippen MR) is 37.4 cm³/mol. The van der Waals surface area contributed by atoms with Crippen molar-refractivity contribution in [3.63, 3.8) is 0 Å². The first-order valence-electron chi connectivity index (χ1n) is 2.49. The van der Waals surface area contributed by atoms with Gasteiger partial charge in [0.2, 0.25) is 5.91 Å². The molecule has 0 radical (unpaired) electrons. The summed E-state index contributed by atoms with van der Waals surface area (Å²) in [6, 6.07) is -1.02. The lowest BCUT2D eigenvalue weighted by molar-refractivity contribution is -0.139. The van der Waals surface area contributed by atoms with Crippen LogP contribution in [0.1, 0.15) is 6.42 Å². The van der Waals surface area contributed by atoms with E-state index < -0.39 is 17.9 Å². The Labute approximate surface area is 63.1 Å². The molecule has 58 valence electrons.